The van der Waals surface area contributed by atoms with E-state index in [4.69, 9.17) is 5.11 Å². The fraction of sp³-hybridized carbons (Fsp3) is 0.750. The van der Waals surface area contributed by atoms with Crippen LogP contribution in [0.3, 0.4) is 0 Å². The minimum absolute atomic E-state index is 0.00749. The predicted octanol–water partition coefficient (Wildman–Crippen LogP) is 0.843. The summed E-state index contributed by atoms with van der Waals surface area (Å²) in [6, 6.07) is 0.182. The molecule has 8 nitrogen and oxygen atoms in total. The molecule has 0 unspecified atom stereocenters. The molecule has 0 aliphatic carbocycles. The molecular formula is C16H28N4O4S. The summed E-state index contributed by atoms with van der Waals surface area (Å²) in [5, 5.41) is 13.2. The summed E-state index contributed by atoms with van der Waals surface area (Å²) in [5.74, 6) is -0.858. The average molecular weight is 372 g/mol. The zero-order chi connectivity index (χ0) is 18.9. The van der Waals surface area contributed by atoms with Gasteiger partial charge in [0, 0.05) is 32.6 Å². The van der Waals surface area contributed by atoms with Crippen molar-refractivity contribution in [1.82, 2.24) is 19.0 Å². The van der Waals surface area contributed by atoms with Crippen molar-refractivity contribution in [2.75, 3.05) is 27.2 Å². The van der Waals surface area contributed by atoms with Crippen molar-refractivity contribution >= 4 is 16.0 Å². The van der Waals surface area contributed by atoms with Crippen LogP contribution in [0.5, 0.6) is 0 Å². The lowest BCUT2D eigenvalue weighted by Gasteiger charge is -2.41. The lowest BCUT2D eigenvalue weighted by Crippen LogP contribution is -2.50. The molecule has 142 valence electrons. The lowest BCUT2D eigenvalue weighted by molar-refractivity contribution is -0.137. The molecule has 0 aromatic carbocycles. The van der Waals surface area contributed by atoms with Gasteiger partial charge >= 0.3 is 5.97 Å². The molecule has 0 bridgehead atoms. The molecule has 1 fully saturated rings. The standard InChI is InChI=1S/C16H28N4O4S/c1-11-16(12(2)19(5)17-11)25(23,24)20-9-8-14(18(3)4)13(10-20)6-7-15(21)22/h13-14H,6-10H2,1-5H3,(H,21,22)/t13-,14+/m0/s1. The number of aromatic nitrogens is 2. The van der Waals surface area contributed by atoms with Crippen molar-refractivity contribution in [2.45, 2.75) is 44.0 Å². The number of carboxylic acids is 1. The fourth-order valence-electron chi connectivity index (χ4n) is 3.73. The zero-order valence-electron chi connectivity index (χ0n) is 15.6. The molecule has 2 heterocycles. The van der Waals surface area contributed by atoms with Crippen LogP contribution in [-0.4, -0.2) is 71.7 Å². The summed E-state index contributed by atoms with van der Waals surface area (Å²) in [6.07, 6.45) is 1.21. The third-order valence-corrected chi connectivity index (χ3v) is 7.21. The highest BCUT2D eigenvalue weighted by Crippen LogP contribution is 2.30. The number of hydrogen-bond donors (Lipinski definition) is 1. The molecule has 25 heavy (non-hydrogen) atoms. The van der Waals surface area contributed by atoms with Crippen molar-refractivity contribution < 1.29 is 18.3 Å². The monoisotopic (exact) mass is 372 g/mol. The molecule has 0 saturated carbocycles. The third kappa shape index (κ3) is 4.04. The van der Waals surface area contributed by atoms with Crippen LogP contribution in [0.1, 0.15) is 30.7 Å². The Morgan fingerprint density at radius 2 is 2.00 bits per heavy atom. The molecular weight excluding hydrogens is 344 g/mol. The van der Waals surface area contributed by atoms with Crippen LogP contribution in [0, 0.1) is 19.8 Å². The van der Waals surface area contributed by atoms with Gasteiger partial charge in [-0.3, -0.25) is 9.48 Å². The van der Waals surface area contributed by atoms with Crippen LogP contribution < -0.4 is 0 Å². The number of aryl methyl sites for hydroxylation is 2. The number of aliphatic carboxylic acids is 1. The van der Waals surface area contributed by atoms with Gasteiger partial charge in [0.2, 0.25) is 10.0 Å². The molecule has 9 heteroatoms. The minimum Gasteiger partial charge on any atom is -0.481 e. The molecule has 2 rings (SSSR count). The van der Waals surface area contributed by atoms with Gasteiger partial charge in [-0.15, -0.1) is 0 Å². The second-order valence-electron chi connectivity index (χ2n) is 7.00. The summed E-state index contributed by atoms with van der Waals surface area (Å²) in [4.78, 5) is 13.3. The summed E-state index contributed by atoms with van der Waals surface area (Å²) in [6.45, 7) is 4.23. The van der Waals surface area contributed by atoms with Crippen LogP contribution in [0.15, 0.2) is 4.90 Å². The first kappa shape index (κ1) is 19.9. The number of rotatable bonds is 6. The molecule has 0 radical (unpaired) electrons. The summed E-state index contributed by atoms with van der Waals surface area (Å²) >= 11 is 0. The van der Waals surface area contributed by atoms with Gasteiger partial charge in [-0.1, -0.05) is 0 Å². The van der Waals surface area contributed by atoms with Gasteiger partial charge in [0.1, 0.15) is 4.90 Å². The van der Waals surface area contributed by atoms with Crippen molar-refractivity contribution in [2.24, 2.45) is 13.0 Å². The Hall–Kier alpha value is -1.45. The second-order valence-corrected chi connectivity index (χ2v) is 8.87. The van der Waals surface area contributed by atoms with E-state index in [1.165, 1.54) is 4.31 Å². The largest absolute Gasteiger partial charge is 0.481 e. The van der Waals surface area contributed by atoms with E-state index in [1.54, 1.807) is 25.6 Å². The summed E-state index contributed by atoms with van der Waals surface area (Å²) < 4.78 is 29.4. The first-order chi connectivity index (χ1) is 11.6. The number of sulfonamides is 1. The van der Waals surface area contributed by atoms with E-state index in [0.29, 0.717) is 37.3 Å². The Balaban J connectivity index is 2.28. The van der Waals surface area contributed by atoms with Gasteiger partial charge in [0.15, 0.2) is 0 Å². The van der Waals surface area contributed by atoms with Gasteiger partial charge in [-0.2, -0.15) is 9.40 Å². The Morgan fingerprint density at radius 1 is 1.36 bits per heavy atom. The van der Waals surface area contributed by atoms with E-state index in [-0.39, 0.29) is 23.3 Å². The van der Waals surface area contributed by atoms with Crippen LogP contribution in [0.4, 0.5) is 0 Å². The van der Waals surface area contributed by atoms with Gasteiger partial charge < -0.3 is 10.0 Å². The zero-order valence-corrected chi connectivity index (χ0v) is 16.4. The van der Waals surface area contributed by atoms with Crippen molar-refractivity contribution in [1.29, 1.82) is 0 Å². The van der Waals surface area contributed by atoms with E-state index in [0.717, 1.165) is 0 Å². The van der Waals surface area contributed by atoms with E-state index >= 15 is 0 Å². The molecule has 0 amide bonds. The fourth-order valence-corrected chi connectivity index (χ4v) is 5.65. The number of carbonyl (C=O) groups is 1. The van der Waals surface area contributed by atoms with Crippen molar-refractivity contribution in [3.05, 3.63) is 11.4 Å². The average Bonchev–Trinajstić information content (AvgIpc) is 2.77. The van der Waals surface area contributed by atoms with Crippen LogP contribution in [-0.2, 0) is 21.9 Å². The first-order valence-corrected chi connectivity index (χ1v) is 9.88. The number of piperidine rings is 1. The second kappa shape index (κ2) is 7.43. The van der Waals surface area contributed by atoms with Crippen molar-refractivity contribution in [3.8, 4) is 0 Å². The maximum Gasteiger partial charge on any atom is 0.303 e. The topological polar surface area (TPSA) is 95.7 Å². The summed E-state index contributed by atoms with van der Waals surface area (Å²) in [7, 11) is 2.01. The van der Waals surface area contributed by atoms with Gasteiger partial charge in [-0.05, 0) is 46.7 Å². The van der Waals surface area contributed by atoms with Crippen LogP contribution >= 0.6 is 0 Å². The molecule has 0 spiro atoms. The maximum atomic E-state index is 13.1. The number of hydrogen-bond acceptors (Lipinski definition) is 5. The summed E-state index contributed by atoms with van der Waals surface area (Å²) in [5.41, 5.74) is 1.12. The predicted molar refractivity (Wildman–Crippen MR) is 93.9 cm³/mol. The van der Waals surface area contributed by atoms with Crippen LogP contribution in [0.2, 0.25) is 0 Å². The smallest absolute Gasteiger partial charge is 0.303 e. The number of nitrogens with zero attached hydrogens (tertiary/aromatic N) is 4. The lowest BCUT2D eigenvalue weighted by atomic mass is 9.88. The Bertz CT molecular complexity index is 742. The molecule has 1 aliphatic rings. The molecule has 1 aromatic rings. The van der Waals surface area contributed by atoms with Crippen LogP contribution in [0.25, 0.3) is 0 Å². The van der Waals surface area contributed by atoms with Gasteiger partial charge in [0.05, 0.1) is 11.4 Å². The Kier molecular flexibility index (Phi) is 5.90. The van der Waals surface area contributed by atoms with Gasteiger partial charge in [0.25, 0.3) is 0 Å². The maximum absolute atomic E-state index is 13.1. The quantitative estimate of drug-likeness (QED) is 0.795. The van der Waals surface area contributed by atoms with E-state index in [9.17, 15) is 13.2 Å². The highest BCUT2D eigenvalue weighted by Gasteiger charge is 2.38. The Morgan fingerprint density at radius 3 is 2.48 bits per heavy atom. The highest BCUT2D eigenvalue weighted by molar-refractivity contribution is 7.89. The van der Waals surface area contributed by atoms with Crippen molar-refractivity contribution in [3.63, 3.8) is 0 Å². The molecule has 1 aromatic heterocycles. The minimum atomic E-state index is -3.64. The van der Waals surface area contributed by atoms with E-state index in [1.807, 2.05) is 14.1 Å². The van der Waals surface area contributed by atoms with Gasteiger partial charge in [-0.25, -0.2) is 8.42 Å². The highest BCUT2D eigenvalue weighted by atomic mass is 32.2. The molecule has 1 saturated heterocycles. The first-order valence-electron chi connectivity index (χ1n) is 8.44. The van der Waals surface area contributed by atoms with E-state index < -0.39 is 16.0 Å². The Labute approximate surface area is 149 Å². The normalized spacial score (nSPS) is 22.5. The molecule has 1 aliphatic heterocycles. The third-order valence-electron chi connectivity index (χ3n) is 5.09. The van der Waals surface area contributed by atoms with E-state index in [2.05, 4.69) is 10.00 Å². The molecule has 2 atom stereocenters. The SMILES string of the molecule is Cc1nn(C)c(C)c1S(=O)(=O)N1CC[C@@H](N(C)C)[C@@H](CCC(=O)O)C1. The molecule has 1 N–H and O–H groups in total. The number of carboxylic acid groups (broad SMARTS) is 1.